The smallest absolute Gasteiger partial charge is 0.417 e. The molecule has 20 nitrogen and oxygen atoms in total. The highest BCUT2D eigenvalue weighted by Gasteiger charge is 2.48. The molecule has 53 heavy (non-hydrogen) atoms. The third-order valence-corrected chi connectivity index (χ3v) is 6.33. The Morgan fingerprint density at radius 3 is 0.623 bits per heavy atom. The molecular formula is C33H60N8O12. The van der Waals surface area contributed by atoms with Gasteiger partial charge in [0.25, 0.3) is 0 Å². The van der Waals surface area contributed by atoms with Crippen molar-refractivity contribution in [1.82, 2.24) is 19.6 Å². The van der Waals surface area contributed by atoms with Crippen LogP contribution in [0.15, 0.2) is 0 Å². The lowest BCUT2D eigenvalue weighted by Crippen LogP contribution is -2.64. The summed E-state index contributed by atoms with van der Waals surface area (Å²) in [5.41, 5.74) is 15.7. The fraction of sp³-hybridized carbons (Fsp3) is 0.758. The highest BCUT2D eigenvalue weighted by atomic mass is 16.6. The quantitative estimate of drug-likeness (QED) is 0.201. The maximum absolute atomic E-state index is 13.7. The number of amides is 8. The number of ether oxygens (including phenoxy) is 4. The highest BCUT2D eigenvalue weighted by molar-refractivity contribution is 5.96. The molecule has 0 bridgehead atoms. The zero-order valence-corrected chi connectivity index (χ0v) is 33.2. The topological polar surface area (TPSA) is 291 Å². The first-order valence-electron chi connectivity index (χ1n) is 16.8. The molecule has 0 fully saturated rings. The second-order valence-electron chi connectivity index (χ2n) is 16.2. The first-order valence-corrected chi connectivity index (χ1v) is 16.8. The molecule has 0 aliphatic heterocycles. The van der Waals surface area contributed by atoms with E-state index in [0.29, 0.717) is 19.6 Å². The molecule has 0 radical (unpaired) electrons. The summed E-state index contributed by atoms with van der Waals surface area (Å²) < 4.78 is 21.9. The van der Waals surface area contributed by atoms with Gasteiger partial charge in [-0.15, -0.1) is 0 Å². The lowest BCUT2D eigenvalue weighted by Gasteiger charge is -2.44. The molecule has 0 rings (SSSR count). The summed E-state index contributed by atoms with van der Waals surface area (Å²) in [5.74, 6) is -4.28. The Balaban J connectivity index is 8.42. The first kappa shape index (κ1) is 48.6. The second-order valence-corrected chi connectivity index (χ2v) is 16.2. The summed E-state index contributed by atoms with van der Waals surface area (Å²) in [5, 5.41) is 0. The number of hydrogen-bond donors (Lipinski definition) is 4. The van der Waals surface area contributed by atoms with E-state index in [4.69, 9.17) is 41.9 Å². The van der Waals surface area contributed by atoms with Gasteiger partial charge in [0.15, 0.2) is 0 Å². The van der Waals surface area contributed by atoms with Crippen molar-refractivity contribution < 1.29 is 57.3 Å². The molecule has 0 spiro atoms. The first-order chi connectivity index (χ1) is 23.8. The van der Waals surface area contributed by atoms with Crippen molar-refractivity contribution in [2.24, 2.45) is 28.3 Å². The average Bonchev–Trinajstić information content (AvgIpc) is 2.98. The van der Waals surface area contributed by atoms with Crippen LogP contribution in [-0.4, -0.2) is 142 Å². The normalized spacial score (nSPS) is 12.2. The summed E-state index contributed by atoms with van der Waals surface area (Å²) in [6, 6.07) is 0. The van der Waals surface area contributed by atoms with Crippen molar-refractivity contribution in [3.05, 3.63) is 0 Å². The number of carbonyl (C=O) groups is 8. The molecule has 304 valence electrons. The fourth-order valence-electron chi connectivity index (χ4n) is 4.37. The van der Waals surface area contributed by atoms with Gasteiger partial charge in [0, 0.05) is 31.6 Å². The standard InChI is InChI=1S/C33H60N8O12/c1-29(2,3)50-25(46)38(21(42)13-34)17-33(18-39(22(43)14-35)26(47)51-30(4,5)6,19-40(23(44)15-36)27(48)52-31(7,8)9)20-41(24(45)16-37)28(49)53-32(10,11)12/h13-20,34-37H2,1-12H3. The molecule has 8 N–H and O–H groups in total. The van der Waals surface area contributed by atoms with Gasteiger partial charge in [-0.05, 0) is 83.1 Å². The van der Waals surface area contributed by atoms with E-state index in [1.807, 2.05) is 0 Å². The van der Waals surface area contributed by atoms with Crippen molar-refractivity contribution in [1.29, 1.82) is 0 Å². The van der Waals surface area contributed by atoms with E-state index in [-0.39, 0.29) is 0 Å². The Kier molecular flexibility index (Phi) is 17.5. The van der Waals surface area contributed by atoms with Crippen LogP contribution in [0.3, 0.4) is 0 Å². The molecule has 0 aliphatic rings. The van der Waals surface area contributed by atoms with Crippen LogP contribution in [0.1, 0.15) is 83.1 Å². The van der Waals surface area contributed by atoms with E-state index in [9.17, 15) is 38.4 Å². The molecule has 0 atom stereocenters. The van der Waals surface area contributed by atoms with Gasteiger partial charge < -0.3 is 41.9 Å². The Bertz CT molecular complexity index is 1150. The third kappa shape index (κ3) is 17.3. The molecule has 0 aliphatic carbocycles. The Labute approximate surface area is 311 Å². The van der Waals surface area contributed by atoms with Gasteiger partial charge in [0.2, 0.25) is 23.6 Å². The number of imide groups is 4. The van der Waals surface area contributed by atoms with Gasteiger partial charge in [-0.25, -0.2) is 38.8 Å². The highest BCUT2D eigenvalue weighted by Crippen LogP contribution is 2.29. The lowest BCUT2D eigenvalue weighted by molar-refractivity contribution is -0.136. The summed E-state index contributed by atoms with van der Waals surface area (Å²) in [7, 11) is 0. The molecule has 0 saturated carbocycles. The minimum atomic E-state index is -2.27. The van der Waals surface area contributed by atoms with Crippen LogP contribution in [-0.2, 0) is 38.1 Å². The van der Waals surface area contributed by atoms with Crippen LogP contribution in [0.2, 0.25) is 0 Å². The predicted molar refractivity (Wildman–Crippen MR) is 190 cm³/mol. The van der Waals surface area contributed by atoms with E-state index in [2.05, 4.69) is 0 Å². The number of hydrogen-bond acceptors (Lipinski definition) is 16. The van der Waals surface area contributed by atoms with Crippen LogP contribution in [0.5, 0.6) is 0 Å². The molecule has 0 unspecified atom stereocenters. The van der Waals surface area contributed by atoms with Crippen LogP contribution in [0.25, 0.3) is 0 Å². The molecule has 20 heteroatoms. The van der Waals surface area contributed by atoms with Gasteiger partial charge >= 0.3 is 24.4 Å². The van der Waals surface area contributed by atoms with Crippen LogP contribution < -0.4 is 22.9 Å². The van der Waals surface area contributed by atoms with Crippen molar-refractivity contribution >= 4 is 48.0 Å². The fourth-order valence-corrected chi connectivity index (χ4v) is 4.37. The molecule has 0 aromatic carbocycles. The zero-order valence-electron chi connectivity index (χ0n) is 33.2. The van der Waals surface area contributed by atoms with Gasteiger partial charge in [0.05, 0.1) is 26.2 Å². The maximum Gasteiger partial charge on any atom is 0.417 e. The lowest BCUT2D eigenvalue weighted by atomic mass is 9.84. The van der Waals surface area contributed by atoms with Gasteiger partial charge in [-0.1, -0.05) is 0 Å². The third-order valence-electron chi connectivity index (χ3n) is 6.33. The predicted octanol–water partition coefficient (Wildman–Crippen LogP) is 0.862. The molecule has 0 saturated heterocycles. The van der Waals surface area contributed by atoms with E-state index < -0.39 is 128 Å². The Morgan fingerprint density at radius 2 is 0.509 bits per heavy atom. The summed E-state index contributed by atoms with van der Waals surface area (Å²) in [6.07, 6.45) is -5.13. The summed E-state index contributed by atoms with van der Waals surface area (Å²) in [6.45, 7) is 11.0. The van der Waals surface area contributed by atoms with Crippen molar-refractivity contribution in [2.45, 2.75) is 105 Å². The molecular weight excluding hydrogens is 700 g/mol. The molecule has 0 aromatic rings. The number of carbonyl (C=O) groups excluding carboxylic acids is 8. The SMILES string of the molecule is CC(C)(C)OC(=O)N(CC(CN(C(=O)CN)C(=O)OC(C)(C)C)(CN(C(=O)CN)C(=O)OC(C)(C)C)CN(C(=O)CN)C(=O)OC(C)(C)C)C(=O)CN. The summed E-state index contributed by atoms with van der Waals surface area (Å²) >= 11 is 0. The van der Waals surface area contributed by atoms with Gasteiger partial charge in [-0.3, -0.25) is 19.2 Å². The molecule has 0 heterocycles. The zero-order chi connectivity index (χ0) is 41.9. The van der Waals surface area contributed by atoms with E-state index in [0.717, 1.165) is 0 Å². The minimum absolute atomic E-state index is 0.492. The number of nitrogens with zero attached hydrogens (tertiary/aromatic N) is 4. The van der Waals surface area contributed by atoms with E-state index >= 15 is 0 Å². The summed E-state index contributed by atoms with van der Waals surface area (Å²) in [4.78, 5) is 110. The van der Waals surface area contributed by atoms with E-state index in [1.165, 1.54) is 83.1 Å². The second kappa shape index (κ2) is 19.1. The van der Waals surface area contributed by atoms with Crippen molar-refractivity contribution in [3.63, 3.8) is 0 Å². The average molecular weight is 761 g/mol. The van der Waals surface area contributed by atoms with E-state index in [1.54, 1.807) is 0 Å². The Morgan fingerprint density at radius 1 is 0.358 bits per heavy atom. The van der Waals surface area contributed by atoms with Gasteiger partial charge in [0.1, 0.15) is 22.4 Å². The number of nitrogens with two attached hydrogens (primary N) is 4. The largest absolute Gasteiger partial charge is 0.443 e. The van der Waals surface area contributed by atoms with Crippen molar-refractivity contribution in [2.75, 3.05) is 52.4 Å². The van der Waals surface area contributed by atoms with Crippen LogP contribution in [0.4, 0.5) is 19.2 Å². The maximum atomic E-state index is 13.7. The number of rotatable bonds is 12. The monoisotopic (exact) mass is 760 g/mol. The van der Waals surface area contributed by atoms with Gasteiger partial charge in [-0.2, -0.15) is 0 Å². The molecule has 8 amide bonds. The van der Waals surface area contributed by atoms with Crippen molar-refractivity contribution in [3.8, 4) is 0 Å². The minimum Gasteiger partial charge on any atom is -0.443 e. The Hall–Kier alpha value is -4.40. The van der Waals surface area contributed by atoms with Crippen LogP contribution >= 0.6 is 0 Å². The molecule has 0 aromatic heterocycles. The van der Waals surface area contributed by atoms with Crippen LogP contribution in [0, 0.1) is 5.41 Å².